The van der Waals surface area contributed by atoms with Gasteiger partial charge in [-0.05, 0) is 154 Å². The van der Waals surface area contributed by atoms with Crippen molar-refractivity contribution in [2.75, 3.05) is 13.2 Å². The summed E-state index contributed by atoms with van der Waals surface area (Å²) >= 11 is 0. The summed E-state index contributed by atoms with van der Waals surface area (Å²) in [6.07, 6.45) is 96.3. The Morgan fingerprint density at radius 1 is 0.266 bits per heavy atom. The molecule has 0 radical (unpaired) electrons. The topological polar surface area (TPSA) is 78.9 Å². The lowest BCUT2D eigenvalue weighted by Crippen LogP contribution is -2.30. The Labute approximate surface area is 485 Å². The number of carbonyl (C=O) groups excluding carboxylic acids is 3. The molecule has 0 N–H and O–H groups in total. The fourth-order valence-corrected chi connectivity index (χ4v) is 8.01. The minimum absolute atomic E-state index is 0.115. The van der Waals surface area contributed by atoms with Gasteiger partial charge < -0.3 is 14.2 Å². The third kappa shape index (κ3) is 63.5. The van der Waals surface area contributed by atoms with Gasteiger partial charge >= 0.3 is 17.9 Å². The van der Waals surface area contributed by atoms with E-state index in [2.05, 4.69) is 191 Å². The first-order chi connectivity index (χ1) is 39.0. The molecule has 442 valence electrons. The van der Waals surface area contributed by atoms with Gasteiger partial charge in [-0.2, -0.15) is 0 Å². The van der Waals surface area contributed by atoms with Crippen molar-refractivity contribution >= 4 is 17.9 Å². The Bertz CT molecular complexity index is 1820. The quantitative estimate of drug-likeness (QED) is 0.0261. The van der Waals surface area contributed by atoms with E-state index in [9.17, 15) is 14.4 Å². The van der Waals surface area contributed by atoms with Crippen molar-refractivity contribution in [3.63, 3.8) is 0 Å². The van der Waals surface area contributed by atoms with Crippen LogP contribution in [0.1, 0.15) is 252 Å². The second-order valence-electron chi connectivity index (χ2n) is 20.2. The largest absolute Gasteiger partial charge is 0.462 e. The van der Waals surface area contributed by atoms with E-state index in [1.54, 1.807) is 0 Å². The third-order valence-electron chi connectivity index (χ3n) is 12.7. The average molecular weight is 1090 g/mol. The zero-order valence-corrected chi connectivity index (χ0v) is 50.6. The van der Waals surface area contributed by atoms with Crippen molar-refractivity contribution in [1.29, 1.82) is 0 Å². The van der Waals surface area contributed by atoms with Crippen molar-refractivity contribution in [3.05, 3.63) is 170 Å². The van der Waals surface area contributed by atoms with E-state index < -0.39 is 6.10 Å². The molecule has 0 saturated carbocycles. The third-order valence-corrected chi connectivity index (χ3v) is 12.7. The molecule has 0 aromatic carbocycles. The van der Waals surface area contributed by atoms with Crippen molar-refractivity contribution in [1.82, 2.24) is 0 Å². The average Bonchev–Trinajstić information content (AvgIpc) is 3.45. The standard InChI is InChI=1S/C73H114O6/c1-4-7-10-13-16-19-22-25-28-31-34-36-39-42-45-48-51-54-57-60-63-66-72(75)78-69-70(68-77-71(74)65-62-59-56-53-50-47-44-41-38-33-30-27-24-21-18-15-12-9-6-3)79-73(76)67-64-61-58-55-52-49-46-43-40-37-35-32-29-26-23-20-17-14-11-8-5-2/h7-8,10-11,16-21,25-30,34-38,41-43,45-46,51,54,70H,4-6,9,12-15,22-24,31-33,39-40,44,47-50,52-53,55-69H2,1-3H3/b10-7-,11-8-,19-16-,20-17-,21-18-,28-25-,29-26-,30-27-,36-34-,37-35-,41-38-,45-42-,46-43-,54-51-. The van der Waals surface area contributed by atoms with Crippen LogP contribution in [0.5, 0.6) is 0 Å². The molecular weight excluding hydrogens is 973 g/mol. The number of ether oxygens (including phenoxy) is 3. The molecule has 0 bridgehead atoms. The van der Waals surface area contributed by atoms with Gasteiger partial charge in [-0.25, -0.2) is 0 Å². The van der Waals surface area contributed by atoms with Gasteiger partial charge in [-0.3, -0.25) is 14.4 Å². The van der Waals surface area contributed by atoms with Crippen molar-refractivity contribution in [2.24, 2.45) is 0 Å². The molecule has 6 nitrogen and oxygen atoms in total. The lowest BCUT2D eigenvalue weighted by molar-refractivity contribution is -0.167. The maximum absolute atomic E-state index is 12.9. The summed E-state index contributed by atoms with van der Waals surface area (Å²) in [7, 11) is 0. The molecule has 0 saturated heterocycles. The molecule has 0 aliphatic heterocycles. The number of esters is 3. The molecule has 0 aromatic rings. The maximum Gasteiger partial charge on any atom is 0.306 e. The molecule has 1 unspecified atom stereocenters. The minimum atomic E-state index is -0.824. The molecule has 0 aliphatic rings. The summed E-state index contributed by atoms with van der Waals surface area (Å²) in [6, 6.07) is 0. The molecule has 0 amide bonds. The van der Waals surface area contributed by atoms with E-state index in [1.807, 2.05) is 0 Å². The number of rotatable bonds is 55. The molecule has 0 heterocycles. The number of hydrogen-bond acceptors (Lipinski definition) is 6. The predicted octanol–water partition coefficient (Wildman–Crippen LogP) is 21.9. The van der Waals surface area contributed by atoms with Gasteiger partial charge in [0, 0.05) is 19.3 Å². The van der Waals surface area contributed by atoms with Gasteiger partial charge in [0.1, 0.15) is 13.2 Å². The van der Waals surface area contributed by atoms with E-state index in [-0.39, 0.29) is 44.0 Å². The fourth-order valence-electron chi connectivity index (χ4n) is 8.01. The lowest BCUT2D eigenvalue weighted by atomic mass is 10.1. The highest BCUT2D eigenvalue weighted by atomic mass is 16.6. The minimum Gasteiger partial charge on any atom is -0.462 e. The first kappa shape index (κ1) is 73.8. The van der Waals surface area contributed by atoms with Crippen LogP contribution in [0.3, 0.4) is 0 Å². The molecule has 6 heteroatoms. The Morgan fingerprint density at radius 3 is 0.797 bits per heavy atom. The highest BCUT2D eigenvalue weighted by molar-refractivity contribution is 5.71. The van der Waals surface area contributed by atoms with E-state index in [0.29, 0.717) is 12.8 Å². The Morgan fingerprint density at radius 2 is 0.494 bits per heavy atom. The first-order valence-electron chi connectivity index (χ1n) is 31.6. The van der Waals surface area contributed by atoms with Crippen LogP contribution in [0.15, 0.2) is 170 Å². The highest BCUT2D eigenvalue weighted by Crippen LogP contribution is 2.13. The molecule has 0 rings (SSSR count). The number of hydrogen-bond donors (Lipinski definition) is 0. The fraction of sp³-hybridized carbons (Fsp3) is 0.575. The van der Waals surface area contributed by atoms with Gasteiger partial charge in [-0.1, -0.05) is 249 Å². The molecule has 0 aliphatic carbocycles. The molecule has 0 fully saturated rings. The van der Waals surface area contributed by atoms with Gasteiger partial charge in [0.2, 0.25) is 0 Å². The SMILES string of the molecule is CC/C=C\C/C=C\C/C=C\C/C=C\C/C=C\C/C=C\CCCCC(=O)OCC(COC(=O)CCCCCCCC/C=C\C/C=C\C/C=C\CCCCC)OC(=O)CCCCCCC/C=C\C/C=C\C/C=C\C/C=C\C/C=C\CC. The van der Waals surface area contributed by atoms with Gasteiger partial charge in [0.25, 0.3) is 0 Å². The molecule has 1 atom stereocenters. The summed E-state index contributed by atoms with van der Waals surface area (Å²) in [5.74, 6) is -0.996. The summed E-state index contributed by atoms with van der Waals surface area (Å²) in [4.78, 5) is 38.4. The molecule has 0 spiro atoms. The van der Waals surface area contributed by atoms with Gasteiger partial charge in [0.15, 0.2) is 6.10 Å². The van der Waals surface area contributed by atoms with Gasteiger partial charge in [0.05, 0.1) is 0 Å². The van der Waals surface area contributed by atoms with Crippen LogP contribution in [-0.2, 0) is 28.6 Å². The van der Waals surface area contributed by atoms with Crippen LogP contribution < -0.4 is 0 Å². The van der Waals surface area contributed by atoms with E-state index in [1.165, 1.54) is 38.5 Å². The number of allylic oxidation sites excluding steroid dienone is 28. The maximum atomic E-state index is 12.9. The van der Waals surface area contributed by atoms with Crippen LogP contribution in [0.25, 0.3) is 0 Å². The summed E-state index contributed by atoms with van der Waals surface area (Å²) in [5.41, 5.74) is 0. The van der Waals surface area contributed by atoms with Crippen molar-refractivity contribution in [2.45, 2.75) is 258 Å². The highest BCUT2D eigenvalue weighted by Gasteiger charge is 2.19. The molecule has 0 aromatic heterocycles. The van der Waals surface area contributed by atoms with Crippen LogP contribution in [0, 0.1) is 0 Å². The smallest absolute Gasteiger partial charge is 0.306 e. The van der Waals surface area contributed by atoms with Crippen LogP contribution in [0.2, 0.25) is 0 Å². The van der Waals surface area contributed by atoms with E-state index in [4.69, 9.17) is 14.2 Å². The first-order valence-corrected chi connectivity index (χ1v) is 31.6. The Hall–Kier alpha value is -5.23. The second kappa shape index (κ2) is 65.3. The molecule has 79 heavy (non-hydrogen) atoms. The summed E-state index contributed by atoms with van der Waals surface area (Å²) < 4.78 is 16.9. The van der Waals surface area contributed by atoms with Crippen LogP contribution in [-0.4, -0.2) is 37.2 Å². The predicted molar refractivity (Wildman–Crippen MR) is 343 cm³/mol. The number of carbonyl (C=O) groups is 3. The Balaban J connectivity index is 4.58. The zero-order valence-electron chi connectivity index (χ0n) is 50.6. The van der Waals surface area contributed by atoms with Crippen LogP contribution in [0.4, 0.5) is 0 Å². The zero-order chi connectivity index (χ0) is 57.1. The second-order valence-corrected chi connectivity index (χ2v) is 20.2. The number of unbranched alkanes of at least 4 members (excludes halogenated alkanes) is 16. The van der Waals surface area contributed by atoms with Gasteiger partial charge in [-0.15, -0.1) is 0 Å². The van der Waals surface area contributed by atoms with Crippen molar-refractivity contribution in [3.8, 4) is 0 Å². The van der Waals surface area contributed by atoms with E-state index >= 15 is 0 Å². The van der Waals surface area contributed by atoms with E-state index in [0.717, 1.165) is 167 Å². The summed E-state index contributed by atoms with van der Waals surface area (Å²) in [6.45, 7) is 6.31. The Kier molecular flexibility index (Phi) is 61.0. The van der Waals surface area contributed by atoms with Crippen LogP contribution >= 0.6 is 0 Å². The molecular formula is C73H114O6. The monoisotopic (exact) mass is 1090 g/mol. The summed E-state index contributed by atoms with van der Waals surface area (Å²) in [5, 5.41) is 0. The van der Waals surface area contributed by atoms with Crippen molar-refractivity contribution < 1.29 is 28.6 Å². The normalized spacial score (nSPS) is 13.3. The lowest BCUT2D eigenvalue weighted by Gasteiger charge is -2.18.